The van der Waals surface area contributed by atoms with Gasteiger partial charge in [-0.2, -0.15) is 0 Å². The van der Waals surface area contributed by atoms with Gasteiger partial charge in [-0.1, -0.05) is 68.4 Å². The van der Waals surface area contributed by atoms with Crippen LogP contribution in [0.25, 0.3) is 0 Å². The van der Waals surface area contributed by atoms with Crippen LogP contribution in [0.3, 0.4) is 0 Å². The number of carbonyl (C=O) groups excluding carboxylic acids is 1. The topological polar surface area (TPSA) is 58.2 Å². The molecule has 3 rings (SSSR count). The Kier molecular flexibility index (Phi) is 6.45. The molecule has 0 saturated heterocycles. The first-order chi connectivity index (χ1) is 13.5. The second-order valence-electron chi connectivity index (χ2n) is 6.99. The number of carbonyl (C=O) groups is 1. The van der Waals surface area contributed by atoms with Crippen molar-refractivity contribution in [3.63, 3.8) is 0 Å². The average molecular weight is 392 g/mol. The molecule has 1 amide bonds. The molecule has 0 unspecified atom stereocenters. The minimum atomic E-state index is -3.20. The van der Waals surface area contributed by atoms with Crippen molar-refractivity contribution in [1.29, 1.82) is 0 Å². The number of para-hydroxylation sites is 1. The number of rotatable bonds is 7. The lowest BCUT2D eigenvalue weighted by atomic mass is 10.0. The van der Waals surface area contributed by atoms with Gasteiger partial charge in [0.15, 0.2) is 0 Å². The highest BCUT2D eigenvalue weighted by Crippen LogP contribution is 2.40. The smallest absolute Gasteiger partial charge is 0.242 e. The monoisotopic (exact) mass is 392 g/mol. The molecule has 0 saturated carbocycles. The molecule has 0 spiro atoms. The summed E-state index contributed by atoms with van der Waals surface area (Å²) in [4.78, 5) is 13.0. The van der Waals surface area contributed by atoms with Crippen molar-refractivity contribution in [2.45, 2.75) is 19.9 Å². The fourth-order valence-electron chi connectivity index (χ4n) is 3.02. The van der Waals surface area contributed by atoms with E-state index in [1.807, 2.05) is 105 Å². The number of amides is 1. The van der Waals surface area contributed by atoms with Gasteiger partial charge in [-0.25, -0.2) is 5.09 Å². The fourth-order valence-corrected chi connectivity index (χ4v) is 5.61. The van der Waals surface area contributed by atoms with Gasteiger partial charge in [0.1, 0.15) is 0 Å². The number of hydrogen-bond acceptors (Lipinski definition) is 2. The van der Waals surface area contributed by atoms with Crippen LogP contribution in [0.1, 0.15) is 13.8 Å². The van der Waals surface area contributed by atoms with Gasteiger partial charge in [-0.3, -0.25) is 9.36 Å². The molecular weight excluding hydrogens is 367 g/mol. The molecule has 0 bridgehead atoms. The molecule has 0 aliphatic rings. The summed E-state index contributed by atoms with van der Waals surface area (Å²) in [6.07, 6.45) is 0. The lowest BCUT2D eigenvalue weighted by molar-refractivity contribution is -0.118. The highest BCUT2D eigenvalue weighted by atomic mass is 31.2. The molecule has 0 fully saturated rings. The Morgan fingerprint density at radius 3 is 1.61 bits per heavy atom. The molecule has 5 heteroatoms. The van der Waals surface area contributed by atoms with Crippen molar-refractivity contribution < 1.29 is 9.36 Å². The van der Waals surface area contributed by atoms with Gasteiger partial charge in [0.2, 0.25) is 13.2 Å². The maximum atomic E-state index is 14.2. The third-order valence-corrected chi connectivity index (χ3v) is 7.24. The first kappa shape index (κ1) is 20.1. The van der Waals surface area contributed by atoms with E-state index in [1.165, 1.54) is 0 Å². The Labute approximate surface area is 166 Å². The maximum Gasteiger partial charge on any atom is 0.242 e. The van der Waals surface area contributed by atoms with Crippen LogP contribution in [0, 0.1) is 5.92 Å². The summed E-state index contributed by atoms with van der Waals surface area (Å²) in [6, 6.07) is 27.3. The van der Waals surface area contributed by atoms with Crippen LogP contribution < -0.4 is 21.0 Å². The summed E-state index contributed by atoms with van der Waals surface area (Å²) in [7, 11) is -3.20. The molecule has 0 radical (unpaired) electrons. The van der Waals surface area contributed by atoms with Crippen molar-refractivity contribution >= 4 is 29.5 Å². The molecule has 3 aromatic carbocycles. The molecule has 0 aliphatic heterocycles. The van der Waals surface area contributed by atoms with E-state index in [-0.39, 0.29) is 11.8 Å². The van der Waals surface area contributed by atoms with Crippen molar-refractivity contribution in [3.8, 4) is 0 Å². The van der Waals surface area contributed by atoms with E-state index >= 15 is 0 Å². The van der Waals surface area contributed by atoms with Crippen LogP contribution in [0.4, 0.5) is 5.69 Å². The third kappa shape index (κ3) is 4.59. The Morgan fingerprint density at radius 2 is 1.18 bits per heavy atom. The Balaban J connectivity index is 1.95. The van der Waals surface area contributed by atoms with Crippen LogP contribution >= 0.6 is 7.29 Å². The average Bonchev–Trinajstić information content (AvgIpc) is 2.73. The minimum Gasteiger partial charge on any atom is -0.325 e. The van der Waals surface area contributed by atoms with Gasteiger partial charge in [0.05, 0.1) is 6.04 Å². The van der Waals surface area contributed by atoms with Crippen LogP contribution in [-0.4, -0.2) is 11.9 Å². The van der Waals surface area contributed by atoms with Gasteiger partial charge in [-0.15, -0.1) is 0 Å². The molecular formula is C23H25N2O2P. The second kappa shape index (κ2) is 9.01. The second-order valence-corrected chi connectivity index (χ2v) is 9.50. The van der Waals surface area contributed by atoms with Gasteiger partial charge in [0.25, 0.3) is 0 Å². The van der Waals surface area contributed by atoms with Gasteiger partial charge in [0, 0.05) is 16.3 Å². The maximum absolute atomic E-state index is 14.2. The van der Waals surface area contributed by atoms with E-state index in [1.54, 1.807) is 0 Å². The molecule has 0 aromatic heterocycles. The quantitative estimate of drug-likeness (QED) is 0.594. The summed E-state index contributed by atoms with van der Waals surface area (Å²) in [5.74, 6) is -0.252. The molecule has 144 valence electrons. The normalized spacial score (nSPS) is 12.5. The molecule has 0 aliphatic carbocycles. The zero-order valence-electron chi connectivity index (χ0n) is 16.1. The van der Waals surface area contributed by atoms with Crippen LogP contribution in [0.2, 0.25) is 0 Å². The molecule has 1 atom stereocenters. The van der Waals surface area contributed by atoms with Crippen molar-refractivity contribution in [2.75, 3.05) is 5.32 Å². The molecule has 2 N–H and O–H groups in total. The zero-order valence-corrected chi connectivity index (χ0v) is 17.0. The van der Waals surface area contributed by atoms with Gasteiger partial charge >= 0.3 is 0 Å². The SMILES string of the molecule is CC(C)[C@@H](NP(=O)(c1ccccc1)c1ccccc1)C(=O)Nc1ccccc1. The van der Waals surface area contributed by atoms with E-state index < -0.39 is 13.3 Å². The van der Waals surface area contributed by atoms with E-state index in [0.717, 1.165) is 0 Å². The van der Waals surface area contributed by atoms with Gasteiger partial charge in [-0.05, 0) is 42.3 Å². The number of anilines is 1. The highest BCUT2D eigenvalue weighted by molar-refractivity contribution is 7.77. The van der Waals surface area contributed by atoms with Crippen molar-refractivity contribution in [2.24, 2.45) is 5.92 Å². The predicted octanol–water partition coefficient (Wildman–Crippen LogP) is 4.17. The minimum absolute atomic E-state index is 0.0514. The lowest BCUT2D eigenvalue weighted by Gasteiger charge is -2.28. The molecule has 3 aromatic rings. The third-order valence-electron chi connectivity index (χ3n) is 4.55. The predicted molar refractivity (Wildman–Crippen MR) is 117 cm³/mol. The van der Waals surface area contributed by atoms with E-state index in [0.29, 0.717) is 16.3 Å². The van der Waals surface area contributed by atoms with Crippen molar-refractivity contribution in [3.05, 3.63) is 91.0 Å². The Hall–Kier alpha value is -2.68. The summed E-state index contributed by atoms with van der Waals surface area (Å²) in [5, 5.41) is 7.51. The van der Waals surface area contributed by atoms with Crippen LogP contribution in [0.15, 0.2) is 91.0 Å². The lowest BCUT2D eigenvalue weighted by Crippen LogP contribution is -2.46. The number of nitrogens with one attached hydrogen (secondary N) is 2. The summed E-state index contributed by atoms with van der Waals surface area (Å²) < 4.78 is 14.2. The van der Waals surface area contributed by atoms with E-state index in [9.17, 15) is 9.36 Å². The first-order valence-corrected chi connectivity index (χ1v) is 11.1. The molecule has 0 heterocycles. The van der Waals surface area contributed by atoms with E-state index in [2.05, 4.69) is 10.4 Å². The zero-order chi connectivity index (χ0) is 20.0. The number of hydrogen-bond donors (Lipinski definition) is 2. The Bertz CT molecular complexity index is 901. The largest absolute Gasteiger partial charge is 0.325 e. The van der Waals surface area contributed by atoms with Crippen molar-refractivity contribution in [1.82, 2.24) is 5.09 Å². The summed E-state index contributed by atoms with van der Waals surface area (Å²) in [5.41, 5.74) is 0.717. The van der Waals surface area contributed by atoms with Crippen LogP contribution in [-0.2, 0) is 9.36 Å². The standard InChI is InChI=1S/C23H25N2O2P/c1-18(2)22(23(26)24-19-12-6-3-7-13-19)25-28(27,20-14-8-4-9-15-20)21-16-10-5-11-17-21/h3-18,22H,1-2H3,(H,24,26)(H,25,27)/t22-/m1/s1. The fraction of sp³-hybridized carbons (Fsp3) is 0.174. The summed E-state index contributed by atoms with van der Waals surface area (Å²) >= 11 is 0. The van der Waals surface area contributed by atoms with E-state index in [4.69, 9.17) is 0 Å². The van der Waals surface area contributed by atoms with Gasteiger partial charge < -0.3 is 5.32 Å². The molecule has 28 heavy (non-hydrogen) atoms. The summed E-state index contributed by atoms with van der Waals surface area (Å²) in [6.45, 7) is 3.89. The first-order valence-electron chi connectivity index (χ1n) is 9.35. The number of benzene rings is 3. The molecule has 4 nitrogen and oxygen atoms in total. The highest BCUT2D eigenvalue weighted by Gasteiger charge is 2.34. The van der Waals surface area contributed by atoms with Crippen LogP contribution in [0.5, 0.6) is 0 Å². The Morgan fingerprint density at radius 1 is 0.750 bits per heavy atom.